The van der Waals surface area contributed by atoms with Crippen molar-refractivity contribution in [2.24, 2.45) is 11.8 Å². The summed E-state index contributed by atoms with van der Waals surface area (Å²) < 4.78 is 21.9. The van der Waals surface area contributed by atoms with Crippen molar-refractivity contribution in [3.63, 3.8) is 0 Å². The SMILES string of the molecule is C#Cc1c(N2CC3CCN(C)CC3C2)c(F)cc2c(=O)c(OC(=O)O)cn(C3CC3)c12. The van der Waals surface area contributed by atoms with Gasteiger partial charge >= 0.3 is 6.16 Å². The first-order valence-corrected chi connectivity index (χ1v) is 10.6. The van der Waals surface area contributed by atoms with E-state index in [9.17, 15) is 9.59 Å². The van der Waals surface area contributed by atoms with Crippen LogP contribution >= 0.6 is 0 Å². The number of terminal acetylenes is 1. The van der Waals surface area contributed by atoms with Crippen molar-refractivity contribution in [3.05, 3.63) is 33.9 Å². The average molecular weight is 425 g/mol. The molecule has 5 rings (SSSR count). The molecule has 1 aliphatic carbocycles. The van der Waals surface area contributed by atoms with Crippen molar-refractivity contribution in [1.29, 1.82) is 0 Å². The highest BCUT2D eigenvalue weighted by Crippen LogP contribution is 2.42. The number of pyridine rings is 1. The summed E-state index contributed by atoms with van der Waals surface area (Å²) in [4.78, 5) is 28.3. The Morgan fingerprint density at radius 1 is 1.26 bits per heavy atom. The van der Waals surface area contributed by atoms with Crippen LogP contribution in [0.1, 0.15) is 30.9 Å². The van der Waals surface area contributed by atoms with Crippen molar-refractivity contribution < 1.29 is 19.0 Å². The molecule has 3 aliphatic rings. The highest BCUT2D eigenvalue weighted by Gasteiger charge is 2.38. The number of benzene rings is 1. The van der Waals surface area contributed by atoms with Gasteiger partial charge in [0.15, 0.2) is 5.75 Å². The van der Waals surface area contributed by atoms with Crippen molar-refractivity contribution >= 4 is 22.7 Å². The fraction of sp³-hybridized carbons (Fsp3) is 0.478. The lowest BCUT2D eigenvalue weighted by Gasteiger charge is -2.31. The van der Waals surface area contributed by atoms with Crippen LogP contribution in [0.3, 0.4) is 0 Å². The molecule has 0 amide bonds. The largest absolute Gasteiger partial charge is 0.511 e. The number of hydrogen-bond acceptors (Lipinski definition) is 5. The van der Waals surface area contributed by atoms with Crippen LogP contribution < -0.4 is 15.1 Å². The Morgan fingerprint density at radius 2 is 2.00 bits per heavy atom. The van der Waals surface area contributed by atoms with Crippen molar-refractivity contribution in [2.45, 2.75) is 25.3 Å². The van der Waals surface area contributed by atoms with E-state index < -0.39 is 17.4 Å². The van der Waals surface area contributed by atoms with E-state index >= 15 is 4.39 Å². The Bertz CT molecular complexity index is 1180. The molecule has 1 saturated carbocycles. The number of carboxylic acid groups (broad SMARTS) is 1. The minimum Gasteiger partial charge on any atom is -0.449 e. The average Bonchev–Trinajstić information content (AvgIpc) is 3.48. The van der Waals surface area contributed by atoms with Crippen molar-refractivity contribution in [2.75, 3.05) is 38.1 Å². The standard InChI is InChI=1S/C23H24FN3O4/c1-3-16-20-17(22(28)19(31-23(29)30)12-27(20)15-4-5-15)8-18(24)21(16)26-10-13-6-7-25(2)9-14(13)11-26/h1,8,12-15H,4-7,9-11H2,2H3,(H,29,30). The van der Waals surface area contributed by atoms with Crippen LogP contribution in [0.5, 0.6) is 5.75 Å². The maximum absolute atomic E-state index is 15.4. The van der Waals surface area contributed by atoms with Crippen LogP contribution in [0.25, 0.3) is 10.9 Å². The van der Waals surface area contributed by atoms with E-state index in [-0.39, 0.29) is 17.2 Å². The molecular weight excluding hydrogens is 401 g/mol. The number of fused-ring (bicyclic) bond motifs is 2. The molecule has 1 aromatic heterocycles. The molecule has 0 spiro atoms. The Kier molecular flexibility index (Phi) is 4.67. The molecule has 7 nitrogen and oxygen atoms in total. The first-order valence-electron chi connectivity index (χ1n) is 10.6. The maximum atomic E-state index is 15.4. The van der Waals surface area contributed by atoms with Crippen LogP contribution in [0.4, 0.5) is 14.9 Å². The zero-order valence-corrected chi connectivity index (χ0v) is 17.3. The Labute approximate surface area is 179 Å². The van der Waals surface area contributed by atoms with Crippen LogP contribution in [-0.4, -0.2) is 54.0 Å². The Hall–Kier alpha value is -3.05. The van der Waals surface area contributed by atoms with Gasteiger partial charge in [-0.1, -0.05) is 5.92 Å². The monoisotopic (exact) mass is 425 g/mol. The summed E-state index contributed by atoms with van der Waals surface area (Å²) in [6, 6.07) is 1.27. The van der Waals surface area contributed by atoms with Gasteiger partial charge in [-0.15, -0.1) is 6.42 Å². The minimum atomic E-state index is -1.59. The normalized spacial score (nSPS) is 23.6. The van der Waals surface area contributed by atoms with E-state index in [2.05, 4.69) is 22.6 Å². The number of piperidine rings is 1. The van der Waals surface area contributed by atoms with E-state index in [0.29, 0.717) is 28.6 Å². The number of carbonyl (C=O) groups is 1. The van der Waals surface area contributed by atoms with Crippen molar-refractivity contribution in [1.82, 2.24) is 9.47 Å². The molecule has 3 fully saturated rings. The molecule has 2 atom stereocenters. The van der Waals surface area contributed by atoms with Crippen LogP contribution in [-0.2, 0) is 0 Å². The van der Waals surface area contributed by atoms with E-state index in [1.54, 1.807) is 4.57 Å². The predicted octanol–water partition coefficient (Wildman–Crippen LogP) is 2.90. The lowest BCUT2D eigenvalue weighted by Crippen LogP contribution is -2.37. The Balaban J connectivity index is 1.68. The summed E-state index contributed by atoms with van der Waals surface area (Å²) in [6.45, 7) is 3.47. The van der Waals surface area contributed by atoms with Crippen molar-refractivity contribution in [3.8, 4) is 18.1 Å². The molecule has 2 unspecified atom stereocenters. The zero-order chi connectivity index (χ0) is 21.9. The topological polar surface area (TPSA) is 75.0 Å². The molecule has 1 N–H and O–H groups in total. The number of rotatable bonds is 3. The third kappa shape index (κ3) is 3.33. The highest BCUT2D eigenvalue weighted by atomic mass is 19.1. The van der Waals surface area contributed by atoms with E-state index in [1.807, 2.05) is 4.90 Å². The quantitative estimate of drug-likeness (QED) is 0.602. The number of ether oxygens (including phenoxy) is 1. The highest BCUT2D eigenvalue weighted by molar-refractivity contribution is 5.92. The lowest BCUT2D eigenvalue weighted by atomic mass is 9.89. The van der Waals surface area contributed by atoms with Crippen LogP contribution in [0.2, 0.25) is 0 Å². The lowest BCUT2D eigenvalue weighted by molar-refractivity contribution is 0.143. The number of hydrogen-bond donors (Lipinski definition) is 1. The van der Waals surface area contributed by atoms with Crippen LogP contribution in [0.15, 0.2) is 17.1 Å². The number of aromatic nitrogens is 1. The maximum Gasteiger partial charge on any atom is 0.511 e. The van der Waals surface area contributed by atoms with E-state index in [0.717, 1.165) is 45.4 Å². The first-order chi connectivity index (χ1) is 14.9. The zero-order valence-electron chi connectivity index (χ0n) is 17.3. The summed E-state index contributed by atoms with van der Waals surface area (Å²) in [5, 5.41) is 9.04. The molecule has 2 aliphatic heterocycles. The molecule has 2 aromatic rings. The molecule has 3 heterocycles. The third-order valence-electron chi connectivity index (χ3n) is 6.81. The third-order valence-corrected chi connectivity index (χ3v) is 6.81. The van der Waals surface area contributed by atoms with Gasteiger partial charge in [-0.2, -0.15) is 0 Å². The molecule has 0 radical (unpaired) electrons. The molecule has 162 valence electrons. The van der Waals surface area contributed by atoms with Gasteiger partial charge in [0, 0.05) is 25.7 Å². The fourth-order valence-corrected chi connectivity index (χ4v) is 5.24. The van der Waals surface area contributed by atoms with Gasteiger partial charge in [0.1, 0.15) is 5.82 Å². The van der Waals surface area contributed by atoms with Gasteiger partial charge in [0.25, 0.3) is 0 Å². The molecular formula is C23H24FN3O4. The number of halogens is 1. The van der Waals surface area contributed by atoms with Gasteiger partial charge in [-0.3, -0.25) is 4.79 Å². The number of anilines is 1. The number of nitrogens with zero attached hydrogens (tertiary/aromatic N) is 3. The number of likely N-dealkylation sites (tertiary alicyclic amines) is 1. The second-order valence-corrected chi connectivity index (χ2v) is 8.93. The minimum absolute atomic E-state index is 0.0520. The smallest absolute Gasteiger partial charge is 0.449 e. The van der Waals surface area contributed by atoms with E-state index in [1.165, 1.54) is 12.3 Å². The van der Waals surface area contributed by atoms with Gasteiger partial charge in [0.05, 0.1) is 28.4 Å². The second-order valence-electron chi connectivity index (χ2n) is 8.93. The molecule has 8 heteroatoms. The van der Waals surface area contributed by atoms with Gasteiger partial charge in [-0.05, 0) is 50.8 Å². The second kappa shape index (κ2) is 7.27. The predicted molar refractivity (Wildman–Crippen MR) is 114 cm³/mol. The summed E-state index contributed by atoms with van der Waals surface area (Å²) in [6.07, 6.45) is 8.53. The first kappa shape index (κ1) is 19.9. The fourth-order valence-electron chi connectivity index (χ4n) is 5.24. The summed E-state index contributed by atoms with van der Waals surface area (Å²) in [7, 11) is 2.10. The van der Waals surface area contributed by atoms with Crippen LogP contribution in [0, 0.1) is 30.0 Å². The van der Waals surface area contributed by atoms with E-state index in [4.69, 9.17) is 11.5 Å². The summed E-state index contributed by atoms with van der Waals surface area (Å²) >= 11 is 0. The molecule has 31 heavy (non-hydrogen) atoms. The van der Waals surface area contributed by atoms with Gasteiger partial charge in [-0.25, -0.2) is 9.18 Å². The summed E-state index contributed by atoms with van der Waals surface area (Å²) in [5.41, 5.74) is 0.532. The Morgan fingerprint density at radius 3 is 2.68 bits per heavy atom. The molecule has 0 bridgehead atoms. The molecule has 1 aromatic carbocycles. The van der Waals surface area contributed by atoms with Gasteiger partial charge in [0.2, 0.25) is 5.43 Å². The molecule has 2 saturated heterocycles. The summed E-state index contributed by atoms with van der Waals surface area (Å²) in [5.74, 6) is 2.71. The van der Waals surface area contributed by atoms with Gasteiger partial charge < -0.3 is 24.2 Å².